The monoisotopic (exact) mass is 409 g/mol. The van der Waals surface area contributed by atoms with Crippen molar-refractivity contribution in [2.75, 3.05) is 19.0 Å². The molecule has 0 amide bonds. The number of carbonyl (C=O) groups is 2. The summed E-state index contributed by atoms with van der Waals surface area (Å²) in [6.45, 7) is 9.62. The van der Waals surface area contributed by atoms with Crippen LogP contribution >= 0.6 is 17.1 Å². The van der Waals surface area contributed by atoms with Crippen molar-refractivity contribution in [1.82, 2.24) is 14.8 Å². The molecule has 0 aliphatic rings. The third-order valence-corrected chi connectivity index (χ3v) is 8.18. The summed E-state index contributed by atoms with van der Waals surface area (Å²) < 4.78 is 17.5. The third kappa shape index (κ3) is 7.15. The van der Waals surface area contributed by atoms with Crippen LogP contribution in [-0.2, 0) is 35.2 Å². The Bertz CT molecular complexity index is 608. The average molecular weight is 409 g/mol. The van der Waals surface area contributed by atoms with Gasteiger partial charge in [-0.1, -0.05) is 32.2 Å². The van der Waals surface area contributed by atoms with Crippen LogP contribution in [0.25, 0.3) is 0 Å². The minimum atomic E-state index is -2.60. The van der Waals surface area contributed by atoms with E-state index in [4.69, 9.17) is 25.6 Å². The number of hydrogen-bond acceptors (Lipinski definition) is 9. The molecule has 0 N–H and O–H groups in total. The fraction of sp³-hybridized carbons (Fsp3) is 0.714. The van der Waals surface area contributed by atoms with Gasteiger partial charge >= 0.3 is 5.97 Å². The molecule has 0 aliphatic heterocycles. The fourth-order valence-electron chi connectivity index (χ4n) is 1.65. The molecule has 1 heterocycles. The number of ether oxygens (including phenoxy) is 1. The summed E-state index contributed by atoms with van der Waals surface area (Å²) in [6, 6.07) is 0. The molecule has 0 bridgehead atoms. The zero-order valence-electron chi connectivity index (χ0n) is 15.0. The summed E-state index contributed by atoms with van der Waals surface area (Å²) in [7, 11) is 0. The van der Waals surface area contributed by atoms with Crippen LogP contribution in [0.15, 0.2) is 12.7 Å². The lowest BCUT2D eigenvalue weighted by Crippen LogP contribution is -2.34. The second-order valence-electron chi connectivity index (χ2n) is 5.89. The van der Waals surface area contributed by atoms with Crippen LogP contribution in [0.3, 0.4) is 0 Å². The molecule has 8 nitrogen and oxygen atoms in total. The summed E-state index contributed by atoms with van der Waals surface area (Å²) in [4.78, 5) is 28.6. The van der Waals surface area contributed by atoms with E-state index < -0.39 is 23.3 Å². The molecule has 1 aromatic rings. The molecule has 0 saturated heterocycles. The zero-order valence-corrected chi connectivity index (χ0v) is 17.5. The van der Waals surface area contributed by atoms with Gasteiger partial charge in [0.05, 0.1) is 13.2 Å². The first-order valence-corrected chi connectivity index (χ1v) is 12.0. The topological polar surface area (TPSA) is 92.5 Å². The Labute approximate surface area is 156 Å². The van der Waals surface area contributed by atoms with Crippen LogP contribution in [0.2, 0.25) is 0 Å². The Kier molecular flexibility index (Phi) is 8.70. The Hall–Kier alpha value is -0.800. The number of esters is 1. The van der Waals surface area contributed by atoms with Gasteiger partial charge in [0.2, 0.25) is 11.5 Å². The molecule has 142 valence electrons. The highest BCUT2D eigenvalue weighted by atomic mass is 32.9. The molecule has 1 rings (SSSR count). The number of Topliss-reactive ketones (excluding diaryl/α,β-unsaturated/α-hetero) is 1. The molecule has 0 fully saturated rings. The molecule has 0 aromatic carbocycles. The van der Waals surface area contributed by atoms with Gasteiger partial charge in [-0.2, -0.15) is 5.10 Å². The summed E-state index contributed by atoms with van der Waals surface area (Å²) in [5, 5.41) is 3.91. The zero-order chi connectivity index (χ0) is 19.1. The van der Waals surface area contributed by atoms with Crippen LogP contribution < -0.4 is 0 Å². The van der Waals surface area contributed by atoms with Crippen LogP contribution in [0, 0.1) is 5.41 Å². The van der Waals surface area contributed by atoms with Gasteiger partial charge in [0.1, 0.15) is 18.4 Å². The van der Waals surface area contributed by atoms with Crippen LogP contribution in [0.4, 0.5) is 0 Å². The molecule has 1 aromatic heterocycles. The maximum Gasteiger partial charge on any atom is 0.318 e. The minimum Gasteiger partial charge on any atom is -0.431 e. The lowest BCUT2D eigenvalue weighted by atomic mass is 9.90. The summed E-state index contributed by atoms with van der Waals surface area (Å²) in [6.07, 6.45) is 1.43. The van der Waals surface area contributed by atoms with Crippen LogP contribution in [0.1, 0.15) is 40.8 Å². The molecular formula is C14H24N3O5PS2. The fourth-order valence-corrected chi connectivity index (χ4v) is 5.82. The first-order chi connectivity index (χ1) is 11.6. The van der Waals surface area contributed by atoms with Gasteiger partial charge in [-0.15, -0.1) is 0 Å². The second-order valence-corrected chi connectivity index (χ2v) is 12.2. The predicted molar refractivity (Wildman–Crippen MR) is 99.6 cm³/mol. The first kappa shape index (κ1) is 22.2. The molecule has 1 unspecified atom stereocenters. The Balaban J connectivity index is 2.79. The molecule has 11 heteroatoms. The average Bonchev–Trinajstić information content (AvgIpc) is 3.04. The quantitative estimate of drug-likeness (QED) is 0.427. The van der Waals surface area contributed by atoms with Crippen molar-refractivity contribution >= 4 is 40.6 Å². The third-order valence-electron chi connectivity index (χ3n) is 2.80. The SMILES string of the molecule is CCOP(=S)(OCC)SCC(=O)OC(C(=O)C(C)(C)C)n1cncn1. The summed E-state index contributed by atoms with van der Waals surface area (Å²) in [5.41, 5.74) is -3.32. The molecule has 0 saturated carbocycles. The normalized spacial score (nSPS) is 13.5. The van der Waals surface area contributed by atoms with Crippen LogP contribution in [0.5, 0.6) is 0 Å². The number of carbonyl (C=O) groups excluding carboxylic acids is 2. The molecule has 1 atom stereocenters. The van der Waals surface area contributed by atoms with Gasteiger partial charge in [0.15, 0.2) is 0 Å². The number of nitrogens with zero attached hydrogens (tertiary/aromatic N) is 3. The summed E-state index contributed by atoms with van der Waals surface area (Å²) in [5.74, 6) is -0.970. The Morgan fingerprint density at radius 1 is 1.28 bits per heavy atom. The van der Waals surface area contributed by atoms with Crippen molar-refractivity contribution in [1.29, 1.82) is 0 Å². The second kappa shape index (κ2) is 9.78. The van der Waals surface area contributed by atoms with Crippen molar-refractivity contribution in [3.63, 3.8) is 0 Å². The number of ketones is 1. The lowest BCUT2D eigenvalue weighted by molar-refractivity contribution is -0.162. The predicted octanol–water partition coefficient (Wildman–Crippen LogP) is 2.97. The highest BCUT2D eigenvalue weighted by molar-refractivity contribution is 8.68. The highest BCUT2D eigenvalue weighted by Gasteiger charge is 2.35. The van der Waals surface area contributed by atoms with E-state index in [1.165, 1.54) is 17.3 Å². The van der Waals surface area contributed by atoms with E-state index in [2.05, 4.69) is 10.1 Å². The van der Waals surface area contributed by atoms with E-state index >= 15 is 0 Å². The smallest absolute Gasteiger partial charge is 0.318 e. The number of rotatable bonds is 10. The maximum atomic E-state index is 12.6. The van der Waals surface area contributed by atoms with E-state index in [0.717, 1.165) is 11.4 Å². The van der Waals surface area contributed by atoms with Gasteiger partial charge < -0.3 is 13.8 Å². The van der Waals surface area contributed by atoms with Gasteiger partial charge in [0.25, 0.3) is 6.23 Å². The highest BCUT2D eigenvalue weighted by Crippen LogP contribution is 2.60. The molecule has 0 spiro atoms. The molecule has 25 heavy (non-hydrogen) atoms. The van der Waals surface area contributed by atoms with E-state index in [1.807, 2.05) is 13.8 Å². The van der Waals surface area contributed by atoms with Crippen molar-refractivity contribution < 1.29 is 23.4 Å². The number of hydrogen-bond donors (Lipinski definition) is 0. The van der Waals surface area contributed by atoms with Crippen LogP contribution in [-0.4, -0.2) is 45.5 Å². The van der Waals surface area contributed by atoms with Gasteiger partial charge in [-0.3, -0.25) is 9.59 Å². The molecular weight excluding hydrogens is 385 g/mol. The van der Waals surface area contributed by atoms with Crippen molar-refractivity contribution in [3.8, 4) is 0 Å². The lowest BCUT2D eigenvalue weighted by Gasteiger charge is -2.25. The standard InChI is InChI=1S/C14H24N3O5PS2/c1-6-20-23(24,21-7-2)25-8-11(18)22-13(12(19)14(3,4)5)17-10-15-9-16-17/h9-10,13H,6-8H2,1-5H3. The Morgan fingerprint density at radius 3 is 2.32 bits per heavy atom. The van der Waals surface area contributed by atoms with Crippen molar-refractivity contribution in [2.45, 2.75) is 40.8 Å². The first-order valence-electron chi connectivity index (χ1n) is 7.74. The van der Waals surface area contributed by atoms with Crippen molar-refractivity contribution in [2.24, 2.45) is 5.41 Å². The van der Waals surface area contributed by atoms with Gasteiger partial charge in [0, 0.05) is 5.41 Å². The van der Waals surface area contributed by atoms with E-state index in [9.17, 15) is 9.59 Å². The van der Waals surface area contributed by atoms with Gasteiger partial charge in [-0.25, -0.2) is 9.67 Å². The Morgan fingerprint density at radius 2 is 1.88 bits per heavy atom. The number of aromatic nitrogens is 3. The molecule has 0 aliphatic carbocycles. The maximum absolute atomic E-state index is 12.6. The van der Waals surface area contributed by atoms with E-state index in [-0.39, 0.29) is 11.5 Å². The minimum absolute atomic E-state index is 0.0834. The van der Waals surface area contributed by atoms with Gasteiger partial charge in [-0.05, 0) is 25.7 Å². The van der Waals surface area contributed by atoms with E-state index in [0.29, 0.717) is 13.2 Å². The molecule has 0 radical (unpaired) electrons. The largest absolute Gasteiger partial charge is 0.431 e. The van der Waals surface area contributed by atoms with E-state index in [1.54, 1.807) is 20.8 Å². The van der Waals surface area contributed by atoms with Crippen molar-refractivity contribution in [3.05, 3.63) is 12.7 Å². The summed E-state index contributed by atoms with van der Waals surface area (Å²) >= 11 is 6.44.